The third kappa shape index (κ3) is 6.90. The van der Waals surface area contributed by atoms with Crippen molar-refractivity contribution in [3.05, 3.63) is 105 Å². The van der Waals surface area contributed by atoms with Gasteiger partial charge in [0, 0.05) is 19.0 Å². The minimum absolute atomic E-state index is 0. The van der Waals surface area contributed by atoms with Gasteiger partial charge in [0.1, 0.15) is 0 Å². The van der Waals surface area contributed by atoms with Crippen molar-refractivity contribution in [1.82, 2.24) is 4.57 Å². The monoisotopic (exact) mass is 657 g/mol. The average molecular weight is 659 g/mol. The van der Waals surface area contributed by atoms with Crippen LogP contribution in [0.25, 0.3) is 0 Å². The van der Waals surface area contributed by atoms with E-state index < -0.39 is 8.24 Å². The molecule has 2 aliphatic carbocycles. The van der Waals surface area contributed by atoms with E-state index in [4.69, 9.17) is 25.1 Å². The van der Waals surface area contributed by atoms with E-state index in [1.165, 1.54) is 57.2 Å². The molecule has 2 aliphatic heterocycles. The van der Waals surface area contributed by atoms with Gasteiger partial charge >= 0.3 is 33.5 Å². The molecule has 42 heavy (non-hydrogen) atoms. The number of nitrogens with zero attached hydrogens (tertiary/aromatic N) is 2. The second kappa shape index (κ2) is 16.5. The molecule has 5 unspecified atom stereocenters. The molecule has 0 bridgehead atoms. The van der Waals surface area contributed by atoms with Crippen LogP contribution in [0.1, 0.15) is 57.8 Å². The SMILES string of the molecule is C=CCCCCC1CC([Si](c2ccccc2)(c2ccccc2)N2CCCC3CCCN=C32)C2C=CC=CC12.[CH3-].[Cl][Cr][Cl]. The van der Waals surface area contributed by atoms with Gasteiger partial charge in [-0.3, -0.25) is 4.99 Å². The number of hydrogen-bond donors (Lipinski definition) is 0. The predicted octanol–water partition coefficient (Wildman–Crippen LogP) is 8.97. The van der Waals surface area contributed by atoms with Crippen molar-refractivity contribution in [3.8, 4) is 0 Å². The van der Waals surface area contributed by atoms with Crippen LogP contribution >= 0.6 is 20.1 Å². The molecule has 4 aliphatic rings. The Kier molecular flexibility index (Phi) is 13.1. The second-order valence-corrected chi connectivity index (χ2v) is 18.1. The van der Waals surface area contributed by atoms with E-state index in [-0.39, 0.29) is 20.8 Å². The number of amidine groups is 1. The zero-order chi connectivity index (χ0) is 28.5. The molecule has 0 aromatic heterocycles. The first kappa shape index (κ1) is 33.4. The Morgan fingerprint density at radius 2 is 1.52 bits per heavy atom. The summed E-state index contributed by atoms with van der Waals surface area (Å²) in [4.78, 5) is 5.35. The van der Waals surface area contributed by atoms with E-state index in [1.807, 2.05) is 0 Å². The van der Waals surface area contributed by atoms with E-state index in [2.05, 4.69) is 102 Å². The fourth-order valence-corrected chi connectivity index (χ4v) is 14.7. The minimum atomic E-state index is -2.43. The first-order valence-corrected chi connectivity index (χ1v) is 21.1. The molecule has 6 rings (SSSR count). The Morgan fingerprint density at radius 3 is 2.17 bits per heavy atom. The molecule has 1 saturated carbocycles. The van der Waals surface area contributed by atoms with Gasteiger partial charge in [-0.2, -0.15) is 0 Å². The summed E-state index contributed by atoms with van der Waals surface area (Å²) in [6, 6.07) is 23.5. The van der Waals surface area contributed by atoms with Crippen molar-refractivity contribution >= 4 is 44.5 Å². The summed E-state index contributed by atoms with van der Waals surface area (Å²) in [5.74, 6) is 4.11. The standard InChI is InChI=1S/C35H44N2Si.CH3.2ClH.Cr/c1-2-3-4-7-16-29-27-34(33-24-13-12-23-32(29)33)38(30-19-8-5-9-20-30,31-21-10-6-11-22-31)37-26-15-18-28-17-14-25-36-35(28)37;;;;/h2,5-6,8-13,19-24,28-29,32-34H,1,3-4,7,14-18,25-27H2;1H3;2*1H;/q;-1;;;+2/p-2. The van der Waals surface area contributed by atoms with Crippen molar-refractivity contribution in [1.29, 1.82) is 0 Å². The van der Waals surface area contributed by atoms with Gasteiger partial charge in [0.05, 0.1) is 5.84 Å². The zero-order valence-corrected chi connectivity index (χ0v) is 28.9. The van der Waals surface area contributed by atoms with Gasteiger partial charge in [0.2, 0.25) is 8.24 Å². The first-order valence-electron chi connectivity index (χ1n) is 15.5. The molecule has 0 radical (unpaired) electrons. The Labute approximate surface area is 271 Å². The number of halogens is 2. The van der Waals surface area contributed by atoms with Crippen LogP contribution < -0.4 is 10.4 Å². The zero-order valence-electron chi connectivity index (χ0n) is 25.1. The topological polar surface area (TPSA) is 15.6 Å². The number of aliphatic imine (C=N–C) groups is 1. The van der Waals surface area contributed by atoms with Gasteiger partial charge in [0.15, 0.2) is 0 Å². The molecular formula is C36H47Cl2CrN2Si-. The Balaban J connectivity index is 0.000000972. The maximum atomic E-state index is 5.35. The summed E-state index contributed by atoms with van der Waals surface area (Å²) in [5, 5.41) is 3.17. The molecule has 2 fully saturated rings. The van der Waals surface area contributed by atoms with Crippen molar-refractivity contribution in [2.75, 3.05) is 13.1 Å². The number of hydrogen-bond acceptors (Lipinski definition) is 2. The molecule has 226 valence electrons. The van der Waals surface area contributed by atoms with Crippen molar-refractivity contribution in [2.45, 2.75) is 63.3 Å². The summed E-state index contributed by atoms with van der Waals surface area (Å²) in [5.41, 5.74) is 0.631. The molecule has 2 heterocycles. The molecule has 2 nitrogen and oxygen atoms in total. The summed E-state index contributed by atoms with van der Waals surface area (Å²) in [6.07, 6.45) is 23.5. The Hall–Kier alpha value is -1.54. The fourth-order valence-electron chi connectivity index (χ4n) is 8.44. The third-order valence-electron chi connectivity index (χ3n) is 9.97. The van der Waals surface area contributed by atoms with Crippen LogP contribution in [0, 0.1) is 31.1 Å². The first-order chi connectivity index (χ1) is 20.2. The number of rotatable bonds is 9. The second-order valence-electron chi connectivity index (χ2n) is 12.0. The summed E-state index contributed by atoms with van der Waals surface area (Å²) in [6.45, 7) is 6.12. The third-order valence-corrected chi connectivity index (χ3v) is 15.4. The van der Waals surface area contributed by atoms with E-state index in [9.17, 15) is 0 Å². The fraction of sp³-hybridized carbons (Fsp3) is 0.444. The van der Waals surface area contributed by atoms with Gasteiger partial charge < -0.3 is 12.0 Å². The quantitative estimate of drug-likeness (QED) is 0.114. The molecule has 2 aromatic carbocycles. The van der Waals surface area contributed by atoms with Gasteiger partial charge in [-0.25, -0.2) is 0 Å². The summed E-state index contributed by atoms with van der Waals surface area (Å²) < 4.78 is 2.97. The van der Waals surface area contributed by atoms with Gasteiger partial charge in [0.25, 0.3) is 0 Å². The van der Waals surface area contributed by atoms with Crippen LogP contribution in [0.15, 0.2) is 103 Å². The summed E-state index contributed by atoms with van der Waals surface area (Å²) in [7, 11) is 7.23. The van der Waals surface area contributed by atoms with Crippen LogP contribution in [0.2, 0.25) is 5.54 Å². The van der Waals surface area contributed by atoms with E-state index in [0.717, 1.165) is 25.4 Å². The number of benzene rings is 2. The Bertz CT molecular complexity index is 1160. The number of allylic oxidation sites excluding steroid dienone is 5. The van der Waals surface area contributed by atoms with Crippen LogP contribution in [0.3, 0.4) is 0 Å². The predicted molar refractivity (Wildman–Crippen MR) is 183 cm³/mol. The van der Waals surface area contributed by atoms with Crippen LogP contribution in [-0.2, 0) is 13.4 Å². The molecule has 5 atom stereocenters. The van der Waals surface area contributed by atoms with Crippen molar-refractivity contribution < 1.29 is 13.4 Å². The van der Waals surface area contributed by atoms with Crippen LogP contribution in [0.4, 0.5) is 0 Å². The normalized spacial score (nSPS) is 26.2. The summed E-state index contributed by atoms with van der Waals surface area (Å²) >= 11 is -0.181. The Morgan fingerprint density at radius 1 is 0.905 bits per heavy atom. The molecule has 6 heteroatoms. The van der Waals surface area contributed by atoms with Gasteiger partial charge in [-0.05, 0) is 85.0 Å². The van der Waals surface area contributed by atoms with E-state index in [1.54, 1.807) is 10.4 Å². The molecule has 2 aromatic rings. The number of unbranched alkanes of at least 4 members (excludes halogenated alkanes) is 2. The molecule has 1 saturated heterocycles. The molecule has 0 spiro atoms. The molecule has 0 N–H and O–H groups in total. The molecule has 0 amide bonds. The molecular weight excluding hydrogens is 611 g/mol. The number of fused-ring (bicyclic) bond motifs is 2. The van der Waals surface area contributed by atoms with Gasteiger partial charge in [-0.1, -0.05) is 97.5 Å². The van der Waals surface area contributed by atoms with Gasteiger partial charge in [-0.15, -0.1) is 6.58 Å². The van der Waals surface area contributed by atoms with E-state index >= 15 is 0 Å². The van der Waals surface area contributed by atoms with E-state index in [0.29, 0.717) is 23.3 Å². The van der Waals surface area contributed by atoms with Crippen molar-refractivity contribution in [3.63, 3.8) is 0 Å². The average Bonchev–Trinajstić information content (AvgIpc) is 3.40. The number of piperidine rings is 1. The van der Waals surface area contributed by atoms with Crippen LogP contribution in [0.5, 0.6) is 0 Å². The van der Waals surface area contributed by atoms with Crippen molar-refractivity contribution in [2.24, 2.45) is 28.7 Å². The van der Waals surface area contributed by atoms with Crippen LogP contribution in [-0.4, -0.2) is 31.7 Å². The maximum absolute atomic E-state index is 5.35.